The normalized spacial score (nSPS) is 10.5. The number of pyridine rings is 1. The average molecular weight is 455 g/mol. The molecule has 10 heteroatoms. The first kappa shape index (κ1) is 23.0. The molecule has 0 aliphatic rings. The van der Waals surface area contributed by atoms with Crippen LogP contribution in [-0.2, 0) is 20.1 Å². The molecular formula is C22H22N4O5S. The van der Waals surface area contributed by atoms with E-state index in [0.29, 0.717) is 22.2 Å². The molecule has 0 bridgehead atoms. The number of ether oxygens (including phenoxy) is 1. The zero-order valence-electron chi connectivity index (χ0n) is 17.8. The summed E-state index contributed by atoms with van der Waals surface area (Å²) in [7, 11) is 0. The molecular weight excluding hydrogens is 432 g/mol. The molecule has 2 amide bonds. The van der Waals surface area contributed by atoms with Crippen LogP contribution >= 0.6 is 11.8 Å². The summed E-state index contributed by atoms with van der Waals surface area (Å²) in [5.41, 5.74) is 3.13. The van der Waals surface area contributed by atoms with Crippen LogP contribution in [0.2, 0.25) is 0 Å². The fourth-order valence-electron chi connectivity index (χ4n) is 2.76. The molecule has 0 spiro atoms. The van der Waals surface area contributed by atoms with Gasteiger partial charge < -0.3 is 19.9 Å². The minimum absolute atomic E-state index is 0.187. The van der Waals surface area contributed by atoms with Crippen LogP contribution in [0.3, 0.4) is 0 Å². The number of hydrogen-bond acceptors (Lipinski definition) is 8. The third-order valence-corrected chi connectivity index (χ3v) is 5.38. The van der Waals surface area contributed by atoms with E-state index in [1.807, 2.05) is 13.8 Å². The Balaban J connectivity index is 1.55. The first-order chi connectivity index (χ1) is 15.3. The summed E-state index contributed by atoms with van der Waals surface area (Å²) in [5, 5.41) is 9.68. The number of carbonyl (C=O) groups is 3. The Labute approximate surface area is 188 Å². The first-order valence-corrected chi connectivity index (χ1v) is 10.7. The van der Waals surface area contributed by atoms with Gasteiger partial charge in [-0.15, -0.1) is 11.8 Å². The highest BCUT2D eigenvalue weighted by Gasteiger charge is 2.17. The number of nitrogens with one attached hydrogen (secondary N) is 2. The molecule has 0 aliphatic carbocycles. The molecule has 0 saturated carbocycles. The summed E-state index contributed by atoms with van der Waals surface area (Å²) in [5.74, 6) is -0.0620. The number of anilines is 2. The average Bonchev–Trinajstić information content (AvgIpc) is 3.09. The molecule has 2 aromatic heterocycles. The lowest BCUT2D eigenvalue weighted by Crippen LogP contribution is -2.21. The number of benzene rings is 1. The van der Waals surface area contributed by atoms with Gasteiger partial charge in [-0.2, -0.15) is 0 Å². The van der Waals surface area contributed by atoms with Crippen molar-refractivity contribution in [2.75, 3.05) is 17.2 Å². The third-order valence-electron chi connectivity index (χ3n) is 4.35. The Bertz CT molecular complexity index is 1110. The number of esters is 1. The number of aromatic nitrogens is 2. The Morgan fingerprint density at radius 1 is 1.06 bits per heavy atom. The lowest BCUT2D eigenvalue weighted by atomic mass is 10.2. The van der Waals surface area contributed by atoms with Gasteiger partial charge in [-0.1, -0.05) is 5.16 Å². The van der Waals surface area contributed by atoms with Gasteiger partial charge in [0, 0.05) is 35.8 Å². The summed E-state index contributed by atoms with van der Waals surface area (Å²) in [6.45, 7) is 4.64. The maximum Gasteiger partial charge on any atom is 0.341 e. The predicted octanol–water partition coefficient (Wildman–Crippen LogP) is 3.73. The fourth-order valence-corrected chi connectivity index (χ4v) is 3.89. The molecule has 0 radical (unpaired) electrons. The number of nitrogens with zero attached hydrogens (tertiary/aromatic N) is 2. The second-order valence-electron chi connectivity index (χ2n) is 6.83. The molecule has 32 heavy (non-hydrogen) atoms. The van der Waals surface area contributed by atoms with E-state index in [0.717, 1.165) is 17.0 Å². The second-order valence-corrected chi connectivity index (χ2v) is 7.79. The lowest BCUT2D eigenvalue weighted by molar-refractivity contribution is -0.119. The Morgan fingerprint density at radius 3 is 2.38 bits per heavy atom. The van der Waals surface area contributed by atoms with E-state index in [4.69, 9.17) is 9.26 Å². The monoisotopic (exact) mass is 454 g/mol. The largest absolute Gasteiger partial charge is 0.452 e. The van der Waals surface area contributed by atoms with E-state index in [-0.39, 0.29) is 11.5 Å². The van der Waals surface area contributed by atoms with E-state index in [2.05, 4.69) is 20.8 Å². The van der Waals surface area contributed by atoms with Gasteiger partial charge in [0.25, 0.3) is 5.91 Å². The molecule has 0 saturated heterocycles. The van der Waals surface area contributed by atoms with E-state index < -0.39 is 18.5 Å². The lowest BCUT2D eigenvalue weighted by Gasteiger charge is -2.09. The van der Waals surface area contributed by atoms with Crippen LogP contribution in [0.4, 0.5) is 11.4 Å². The number of rotatable bonds is 8. The fraction of sp³-hybridized carbons (Fsp3) is 0.227. The molecule has 0 atom stereocenters. The quantitative estimate of drug-likeness (QED) is 0.390. The van der Waals surface area contributed by atoms with Crippen molar-refractivity contribution in [3.63, 3.8) is 0 Å². The summed E-state index contributed by atoms with van der Waals surface area (Å²) >= 11 is 1.36. The van der Waals surface area contributed by atoms with Gasteiger partial charge in [0.05, 0.1) is 11.3 Å². The number of amides is 2. The second kappa shape index (κ2) is 10.6. The van der Waals surface area contributed by atoms with Crippen molar-refractivity contribution in [2.24, 2.45) is 0 Å². The van der Waals surface area contributed by atoms with Crippen LogP contribution in [0.1, 0.15) is 34.3 Å². The first-order valence-electron chi connectivity index (χ1n) is 9.67. The Kier molecular flexibility index (Phi) is 7.61. The standard InChI is InChI=1S/C22H22N4O5S/c1-13-19(14(2)31-26-13)12-32-21-18(5-4-10-23-21)22(29)30-11-20(28)25-17-8-6-16(7-9-17)24-15(3)27/h4-10H,11-12H2,1-3H3,(H,24,27)(H,25,28). The molecule has 3 aromatic rings. The molecule has 2 heterocycles. The number of thioether (sulfide) groups is 1. The molecule has 1 aromatic carbocycles. The van der Waals surface area contributed by atoms with Crippen molar-refractivity contribution in [1.82, 2.24) is 10.1 Å². The Hall–Kier alpha value is -3.66. The molecule has 3 rings (SSSR count). The van der Waals surface area contributed by atoms with Crippen molar-refractivity contribution in [3.8, 4) is 0 Å². The number of aryl methyl sites for hydroxylation is 2. The molecule has 0 unspecified atom stereocenters. The van der Waals surface area contributed by atoms with Gasteiger partial charge in [-0.05, 0) is 50.2 Å². The van der Waals surface area contributed by atoms with Crippen LogP contribution in [0.25, 0.3) is 0 Å². The van der Waals surface area contributed by atoms with Crippen molar-refractivity contribution in [3.05, 3.63) is 65.2 Å². The van der Waals surface area contributed by atoms with Gasteiger partial charge in [-0.25, -0.2) is 9.78 Å². The van der Waals surface area contributed by atoms with Gasteiger partial charge in [0.2, 0.25) is 5.91 Å². The van der Waals surface area contributed by atoms with Crippen LogP contribution in [0.5, 0.6) is 0 Å². The van der Waals surface area contributed by atoms with Gasteiger partial charge in [-0.3, -0.25) is 9.59 Å². The van der Waals surface area contributed by atoms with E-state index in [1.54, 1.807) is 42.6 Å². The Morgan fingerprint density at radius 2 is 1.75 bits per heavy atom. The van der Waals surface area contributed by atoms with Crippen LogP contribution in [0, 0.1) is 13.8 Å². The smallest absolute Gasteiger partial charge is 0.341 e. The van der Waals surface area contributed by atoms with Crippen LogP contribution in [-0.4, -0.2) is 34.5 Å². The predicted molar refractivity (Wildman–Crippen MR) is 119 cm³/mol. The SMILES string of the molecule is CC(=O)Nc1ccc(NC(=O)COC(=O)c2cccnc2SCc2c(C)noc2C)cc1. The third kappa shape index (κ3) is 6.17. The molecule has 166 valence electrons. The maximum atomic E-state index is 12.5. The van der Waals surface area contributed by atoms with Crippen molar-refractivity contribution in [1.29, 1.82) is 0 Å². The van der Waals surface area contributed by atoms with E-state index in [1.165, 1.54) is 18.7 Å². The van der Waals surface area contributed by atoms with Crippen LogP contribution < -0.4 is 10.6 Å². The zero-order chi connectivity index (χ0) is 23.1. The molecule has 0 fully saturated rings. The van der Waals surface area contributed by atoms with Crippen molar-refractivity contribution >= 4 is 40.9 Å². The molecule has 0 aliphatic heterocycles. The minimum Gasteiger partial charge on any atom is -0.452 e. The summed E-state index contributed by atoms with van der Waals surface area (Å²) in [4.78, 5) is 40.0. The highest BCUT2D eigenvalue weighted by molar-refractivity contribution is 7.98. The van der Waals surface area contributed by atoms with Crippen molar-refractivity contribution < 1.29 is 23.6 Å². The summed E-state index contributed by atoms with van der Waals surface area (Å²) in [6, 6.07) is 9.81. The maximum absolute atomic E-state index is 12.5. The topological polar surface area (TPSA) is 123 Å². The van der Waals surface area contributed by atoms with E-state index in [9.17, 15) is 14.4 Å². The zero-order valence-corrected chi connectivity index (χ0v) is 18.6. The van der Waals surface area contributed by atoms with Gasteiger partial charge in [0.15, 0.2) is 6.61 Å². The van der Waals surface area contributed by atoms with Crippen LogP contribution in [0.15, 0.2) is 52.1 Å². The van der Waals surface area contributed by atoms with Gasteiger partial charge >= 0.3 is 5.97 Å². The highest BCUT2D eigenvalue weighted by atomic mass is 32.2. The highest BCUT2D eigenvalue weighted by Crippen LogP contribution is 2.27. The summed E-state index contributed by atoms with van der Waals surface area (Å²) < 4.78 is 10.3. The van der Waals surface area contributed by atoms with Crippen molar-refractivity contribution in [2.45, 2.75) is 31.6 Å². The molecule has 2 N–H and O–H groups in total. The number of hydrogen-bond donors (Lipinski definition) is 2. The number of carbonyl (C=O) groups excluding carboxylic acids is 3. The summed E-state index contributed by atoms with van der Waals surface area (Å²) in [6.07, 6.45) is 1.59. The van der Waals surface area contributed by atoms with E-state index >= 15 is 0 Å². The molecule has 9 nitrogen and oxygen atoms in total. The van der Waals surface area contributed by atoms with Gasteiger partial charge in [0.1, 0.15) is 10.8 Å². The minimum atomic E-state index is -0.643.